The Morgan fingerprint density at radius 1 is 0.312 bits per heavy atom. The van der Waals surface area contributed by atoms with Crippen molar-refractivity contribution in [1.82, 2.24) is 24.1 Å². The highest BCUT2D eigenvalue weighted by Gasteiger charge is 2.23. The number of nitrogens with zero attached hydrogens (tertiary/aromatic N) is 5. The minimum absolute atomic E-state index is 0.538. The Hall–Kier alpha value is -8.81. The zero-order chi connectivity index (χ0) is 41.9. The Balaban J connectivity index is 1.03. The van der Waals surface area contributed by atoms with Crippen molar-refractivity contribution in [2.24, 2.45) is 0 Å². The van der Waals surface area contributed by atoms with Crippen LogP contribution < -0.4 is 0 Å². The van der Waals surface area contributed by atoms with Crippen LogP contribution >= 0.6 is 0 Å². The molecule has 0 N–H and O–H groups in total. The maximum atomic E-state index is 6.81. The Morgan fingerprint density at radius 2 is 0.828 bits per heavy atom. The number of aromatic nitrogens is 5. The second-order valence-electron chi connectivity index (χ2n) is 16.3. The van der Waals surface area contributed by atoms with Crippen molar-refractivity contribution < 1.29 is 8.83 Å². The standard InChI is InChI=1S/C57H33N5O2/c1-2-14-34(15-3-1)55-58-56(60-57(59-55)46-23-13-22-44-41-20-6-10-26-50(41)63-53(44)46)35-16-12-17-36(32-35)62-49-33-37(61-47-24-8-4-18-38(47)39-19-5-9-25-48(39)61)28-29-40(49)43-30-31-45-42-21-7-11-27-51(42)64-54(45)52(43)62/h1-33H. The van der Waals surface area contributed by atoms with Crippen molar-refractivity contribution >= 4 is 87.5 Å². The lowest BCUT2D eigenvalue weighted by Crippen LogP contribution is -2.01. The van der Waals surface area contributed by atoms with Crippen LogP contribution in [0.15, 0.2) is 209 Å². The first-order valence-corrected chi connectivity index (χ1v) is 21.4. The van der Waals surface area contributed by atoms with Gasteiger partial charge in [0.25, 0.3) is 0 Å². The zero-order valence-electron chi connectivity index (χ0n) is 34.1. The van der Waals surface area contributed by atoms with E-state index in [1.165, 1.54) is 10.8 Å². The molecule has 0 fully saturated rings. The number of benzene rings is 9. The fourth-order valence-electron chi connectivity index (χ4n) is 9.92. The average Bonchev–Trinajstić information content (AvgIpc) is 4.12. The molecule has 5 heterocycles. The van der Waals surface area contributed by atoms with Gasteiger partial charge < -0.3 is 18.0 Å². The predicted molar refractivity (Wildman–Crippen MR) is 259 cm³/mol. The highest BCUT2D eigenvalue weighted by molar-refractivity contribution is 6.22. The third-order valence-electron chi connectivity index (χ3n) is 12.8. The molecule has 0 spiro atoms. The molecule has 0 atom stereocenters. The van der Waals surface area contributed by atoms with Crippen molar-refractivity contribution in [2.45, 2.75) is 0 Å². The SMILES string of the molecule is c1ccc(-c2nc(-c3cccc(-n4c5cc(-n6c7ccccc7c7ccccc76)ccc5c5ccc6c7ccccc7oc6c54)c3)nc(-c3cccc4c3oc3ccccc34)n2)cc1. The van der Waals surface area contributed by atoms with E-state index in [0.29, 0.717) is 17.5 Å². The van der Waals surface area contributed by atoms with Gasteiger partial charge in [-0.3, -0.25) is 0 Å². The fraction of sp³-hybridized carbons (Fsp3) is 0. The summed E-state index contributed by atoms with van der Waals surface area (Å²) in [7, 11) is 0. The largest absolute Gasteiger partial charge is 0.455 e. The van der Waals surface area contributed by atoms with Crippen LogP contribution in [0.3, 0.4) is 0 Å². The van der Waals surface area contributed by atoms with Gasteiger partial charge in [-0.25, -0.2) is 15.0 Å². The molecule has 0 saturated carbocycles. The minimum atomic E-state index is 0.538. The lowest BCUT2D eigenvalue weighted by atomic mass is 10.1. The van der Waals surface area contributed by atoms with E-state index in [0.717, 1.165) is 105 Å². The molecule has 0 aliphatic rings. The van der Waals surface area contributed by atoms with Gasteiger partial charge in [0.15, 0.2) is 23.1 Å². The van der Waals surface area contributed by atoms with Gasteiger partial charge >= 0.3 is 0 Å². The van der Waals surface area contributed by atoms with Gasteiger partial charge in [0, 0.05) is 65.6 Å². The molecular formula is C57H33N5O2. The van der Waals surface area contributed by atoms with Gasteiger partial charge in [-0.05, 0) is 60.7 Å². The van der Waals surface area contributed by atoms with Crippen LogP contribution in [0.2, 0.25) is 0 Å². The van der Waals surface area contributed by atoms with Crippen molar-refractivity contribution in [2.75, 3.05) is 0 Å². The molecular weight excluding hydrogens is 787 g/mol. The highest BCUT2D eigenvalue weighted by Crippen LogP contribution is 2.43. The van der Waals surface area contributed by atoms with Crippen LogP contribution in [0, 0.1) is 0 Å². The van der Waals surface area contributed by atoms with Gasteiger partial charge in [0.05, 0.1) is 27.6 Å². The van der Waals surface area contributed by atoms with Crippen LogP contribution in [-0.4, -0.2) is 24.1 Å². The molecule has 0 saturated heterocycles. The number of para-hydroxylation sites is 5. The maximum absolute atomic E-state index is 6.81. The van der Waals surface area contributed by atoms with Crippen molar-refractivity contribution in [3.63, 3.8) is 0 Å². The smallest absolute Gasteiger partial charge is 0.167 e. The summed E-state index contributed by atoms with van der Waals surface area (Å²) in [6.45, 7) is 0. The molecule has 64 heavy (non-hydrogen) atoms. The molecule has 14 rings (SSSR count). The summed E-state index contributed by atoms with van der Waals surface area (Å²) in [6, 6.07) is 69.7. The highest BCUT2D eigenvalue weighted by atomic mass is 16.3. The molecule has 7 heteroatoms. The molecule has 0 amide bonds. The number of fused-ring (bicyclic) bond motifs is 13. The van der Waals surface area contributed by atoms with E-state index in [1.54, 1.807) is 0 Å². The van der Waals surface area contributed by atoms with E-state index in [1.807, 2.05) is 72.8 Å². The van der Waals surface area contributed by atoms with E-state index < -0.39 is 0 Å². The summed E-state index contributed by atoms with van der Waals surface area (Å²) < 4.78 is 18.0. The predicted octanol–water partition coefficient (Wildman–Crippen LogP) is 14.9. The summed E-state index contributed by atoms with van der Waals surface area (Å²) in [6.07, 6.45) is 0. The molecule has 0 unspecified atom stereocenters. The molecule has 7 nitrogen and oxygen atoms in total. The molecule has 9 aromatic carbocycles. The van der Waals surface area contributed by atoms with E-state index in [2.05, 4.69) is 137 Å². The summed E-state index contributed by atoms with van der Waals surface area (Å²) in [5.41, 5.74) is 12.2. The third-order valence-corrected chi connectivity index (χ3v) is 12.8. The van der Waals surface area contributed by atoms with Gasteiger partial charge in [-0.2, -0.15) is 0 Å². The Kier molecular flexibility index (Phi) is 7.27. The molecule has 5 aromatic heterocycles. The first kappa shape index (κ1) is 34.9. The lowest BCUT2D eigenvalue weighted by molar-refractivity contribution is 0.669. The van der Waals surface area contributed by atoms with E-state index in [-0.39, 0.29) is 0 Å². The lowest BCUT2D eigenvalue weighted by Gasteiger charge is -2.13. The summed E-state index contributed by atoms with van der Waals surface area (Å²) >= 11 is 0. The molecule has 0 aliphatic carbocycles. The van der Waals surface area contributed by atoms with Gasteiger partial charge in [0.2, 0.25) is 0 Å². The van der Waals surface area contributed by atoms with Gasteiger partial charge in [0.1, 0.15) is 16.7 Å². The summed E-state index contributed by atoms with van der Waals surface area (Å²) in [5, 5.41) is 8.89. The molecule has 0 bridgehead atoms. The molecule has 0 radical (unpaired) electrons. The number of furan rings is 2. The zero-order valence-corrected chi connectivity index (χ0v) is 34.1. The second kappa shape index (κ2) is 13.3. The monoisotopic (exact) mass is 819 g/mol. The van der Waals surface area contributed by atoms with Crippen molar-refractivity contribution in [3.05, 3.63) is 200 Å². The molecule has 14 aromatic rings. The normalized spacial score (nSPS) is 12.1. The summed E-state index contributed by atoms with van der Waals surface area (Å²) in [4.78, 5) is 15.5. The fourth-order valence-corrected chi connectivity index (χ4v) is 9.92. The second-order valence-corrected chi connectivity index (χ2v) is 16.3. The van der Waals surface area contributed by atoms with Gasteiger partial charge in [-0.15, -0.1) is 0 Å². The van der Waals surface area contributed by atoms with Crippen LogP contribution in [0.4, 0.5) is 0 Å². The molecule has 298 valence electrons. The average molecular weight is 820 g/mol. The topological polar surface area (TPSA) is 74.8 Å². The number of rotatable bonds is 5. The minimum Gasteiger partial charge on any atom is -0.455 e. The van der Waals surface area contributed by atoms with E-state index in [9.17, 15) is 0 Å². The molecule has 0 aliphatic heterocycles. The number of hydrogen-bond acceptors (Lipinski definition) is 5. The van der Waals surface area contributed by atoms with Crippen LogP contribution in [0.25, 0.3) is 133 Å². The number of hydrogen-bond donors (Lipinski definition) is 0. The quantitative estimate of drug-likeness (QED) is 0.173. The Bertz CT molecular complexity index is 4160. The van der Waals surface area contributed by atoms with Crippen molar-refractivity contribution in [3.8, 4) is 45.5 Å². The third kappa shape index (κ3) is 5.06. The van der Waals surface area contributed by atoms with E-state index in [4.69, 9.17) is 23.8 Å². The van der Waals surface area contributed by atoms with Crippen LogP contribution in [0.5, 0.6) is 0 Å². The summed E-state index contributed by atoms with van der Waals surface area (Å²) in [5.74, 6) is 1.67. The maximum Gasteiger partial charge on any atom is 0.167 e. The van der Waals surface area contributed by atoms with Gasteiger partial charge in [-0.1, -0.05) is 140 Å². The van der Waals surface area contributed by atoms with Crippen molar-refractivity contribution in [1.29, 1.82) is 0 Å². The first-order valence-electron chi connectivity index (χ1n) is 21.4. The first-order chi connectivity index (χ1) is 31.7. The van der Waals surface area contributed by atoms with Crippen LogP contribution in [-0.2, 0) is 0 Å². The Labute approximate surface area is 364 Å². The van der Waals surface area contributed by atoms with E-state index >= 15 is 0 Å². The van der Waals surface area contributed by atoms with Crippen LogP contribution in [0.1, 0.15) is 0 Å². The Morgan fingerprint density at radius 3 is 1.58 bits per heavy atom.